The van der Waals surface area contributed by atoms with Crippen molar-refractivity contribution in [2.75, 3.05) is 183 Å². The van der Waals surface area contributed by atoms with Crippen molar-refractivity contribution in [2.45, 2.75) is 87.5 Å². The number of unbranched alkanes of at least 4 members (excludes halogenated alkanes) is 2. The third-order valence-electron chi connectivity index (χ3n) is 19.9. The Morgan fingerprint density at radius 1 is 0.479 bits per heavy atom. The molecule has 6 heterocycles. The Bertz CT molecular complexity index is 4400. The number of urea groups is 2. The molecular formula is C75H95F7N18O21. The van der Waals surface area contributed by atoms with Gasteiger partial charge in [-0.3, -0.25) is 82.4 Å². The number of nitriles is 2. The molecule has 3 atom stereocenters. The van der Waals surface area contributed by atoms with Gasteiger partial charge in [0.05, 0.1) is 99.9 Å². The summed E-state index contributed by atoms with van der Waals surface area (Å²) in [5, 5.41) is 87.2. The highest BCUT2D eigenvalue weighted by Crippen LogP contribution is 2.34. The lowest BCUT2D eigenvalue weighted by Gasteiger charge is -2.36. The van der Waals surface area contributed by atoms with Crippen molar-refractivity contribution in [1.29, 1.82) is 10.5 Å². The highest BCUT2D eigenvalue weighted by Gasteiger charge is 2.49. The number of ether oxygens (including phenoxy) is 2. The molecule has 1 unspecified atom stereocenters. The van der Waals surface area contributed by atoms with Gasteiger partial charge in [-0.2, -0.15) is 23.7 Å². The van der Waals surface area contributed by atoms with Gasteiger partial charge in [0.25, 0.3) is 23.7 Å². The maximum atomic E-state index is 14.6. The summed E-state index contributed by atoms with van der Waals surface area (Å²) in [5.74, 6) is -18.4. The average molecular weight is 1720 g/mol. The van der Waals surface area contributed by atoms with Crippen LogP contribution in [0, 0.1) is 22.7 Å². The van der Waals surface area contributed by atoms with Gasteiger partial charge in [-0.1, -0.05) is 0 Å². The van der Waals surface area contributed by atoms with Gasteiger partial charge in [-0.15, -0.1) is 0 Å². The zero-order valence-electron chi connectivity index (χ0n) is 65.7. The lowest BCUT2D eigenvalue weighted by atomic mass is 10.1. The summed E-state index contributed by atoms with van der Waals surface area (Å²) in [5.41, 5.74) is 0.988. The number of carbonyl (C=O) groups excluding carboxylic acids is 7. The molecule has 0 aliphatic carbocycles. The monoisotopic (exact) mass is 1720 g/mol. The van der Waals surface area contributed by atoms with Crippen molar-refractivity contribution < 1.29 is 133 Å². The van der Waals surface area contributed by atoms with E-state index in [1.54, 1.807) is 53.4 Å². The van der Waals surface area contributed by atoms with Crippen LogP contribution in [0.3, 0.4) is 0 Å². The average Bonchev–Trinajstić information content (AvgIpc) is 1.77. The Hall–Kier alpha value is -12.1. The van der Waals surface area contributed by atoms with E-state index in [4.69, 9.17) is 19.4 Å². The number of nitrogens with one attached hydrogen (secondary N) is 4. The number of amides is 9. The molecule has 4 aromatic rings. The van der Waals surface area contributed by atoms with Crippen molar-refractivity contribution in [1.82, 2.24) is 80.2 Å². The third kappa shape index (κ3) is 31.2. The van der Waals surface area contributed by atoms with Crippen molar-refractivity contribution in [3.05, 3.63) is 72.1 Å². The number of halogens is 7. The molecular weight excluding hydrogens is 1620 g/mol. The number of benzene rings is 2. The maximum Gasteiger partial charge on any atom is 0.490 e. The van der Waals surface area contributed by atoms with Crippen LogP contribution >= 0.6 is 0 Å². The molecule has 4 aliphatic heterocycles. The number of carboxylic acids is 6. The second kappa shape index (κ2) is 45.9. The van der Waals surface area contributed by atoms with Crippen LogP contribution in [0.1, 0.15) is 72.1 Å². The molecule has 2 aromatic carbocycles. The van der Waals surface area contributed by atoms with E-state index in [0.717, 1.165) is 9.80 Å². The predicted molar refractivity (Wildman–Crippen MR) is 408 cm³/mol. The summed E-state index contributed by atoms with van der Waals surface area (Å²) in [6.07, 6.45) is -3.18. The molecule has 0 spiro atoms. The normalized spacial score (nSPS) is 18.4. The second-order valence-electron chi connectivity index (χ2n) is 28.7. The Labute approximate surface area is 687 Å². The van der Waals surface area contributed by atoms with Gasteiger partial charge in [0.2, 0.25) is 17.7 Å². The molecule has 0 radical (unpaired) electrons. The summed E-state index contributed by atoms with van der Waals surface area (Å²) in [6.45, 7) is -5.32. The number of aromatic nitrogens is 2. The Balaban J connectivity index is 0.00000275. The van der Waals surface area contributed by atoms with Crippen molar-refractivity contribution >= 4 is 99.2 Å². The molecule has 121 heavy (non-hydrogen) atoms. The van der Waals surface area contributed by atoms with E-state index in [0.29, 0.717) is 59.0 Å². The zero-order valence-corrected chi connectivity index (χ0v) is 65.7. The van der Waals surface area contributed by atoms with Crippen molar-refractivity contribution in [3.8, 4) is 23.6 Å². The summed E-state index contributed by atoms with van der Waals surface area (Å²) in [7, 11) is 0. The van der Waals surface area contributed by atoms with Crippen molar-refractivity contribution in [3.63, 3.8) is 0 Å². The molecule has 4 fully saturated rings. The van der Waals surface area contributed by atoms with Crippen LogP contribution < -0.4 is 30.7 Å². The van der Waals surface area contributed by atoms with Crippen LogP contribution in [0.15, 0.2) is 60.9 Å². The van der Waals surface area contributed by atoms with E-state index < -0.39 is 185 Å². The van der Waals surface area contributed by atoms with Crippen LogP contribution in [0.4, 0.5) is 40.3 Å². The van der Waals surface area contributed by atoms with Crippen LogP contribution in [-0.4, -0.2) is 387 Å². The zero-order chi connectivity index (χ0) is 88.7. The van der Waals surface area contributed by atoms with Gasteiger partial charge >= 0.3 is 54.1 Å². The van der Waals surface area contributed by atoms with E-state index in [-0.39, 0.29) is 149 Å². The van der Waals surface area contributed by atoms with Crippen LogP contribution in [0.2, 0.25) is 0 Å². The molecule has 0 saturated carbocycles. The third-order valence-corrected chi connectivity index (χ3v) is 19.9. The quantitative estimate of drug-likeness (QED) is 0.0251. The van der Waals surface area contributed by atoms with Gasteiger partial charge in [-0.05, 0) is 80.6 Å². The first-order valence-corrected chi connectivity index (χ1v) is 38.4. The Kier molecular flexibility index (Phi) is 36.4. The number of alkyl halides is 7. The highest BCUT2D eigenvalue weighted by molar-refractivity contribution is 6.08. The van der Waals surface area contributed by atoms with E-state index in [2.05, 4.69) is 31.2 Å². The Morgan fingerprint density at radius 3 is 1.18 bits per heavy atom. The number of fused-ring (bicyclic) bond motifs is 2. The largest absolute Gasteiger partial charge is 0.494 e. The fraction of sp³-hybridized carbons (Fsp3) is 0.560. The molecule has 0 bridgehead atoms. The number of likely N-dealkylation sites (tertiary alicyclic amines) is 2. The molecule has 2 aromatic heterocycles. The first-order chi connectivity index (χ1) is 57.3. The molecule has 39 nitrogen and oxygen atoms in total. The number of pyridine rings is 2. The minimum Gasteiger partial charge on any atom is -0.494 e. The van der Waals surface area contributed by atoms with Gasteiger partial charge in [0.1, 0.15) is 29.6 Å². The predicted octanol–water partition coefficient (Wildman–Crippen LogP) is 1.37. The van der Waals surface area contributed by atoms with Gasteiger partial charge < -0.3 is 85.9 Å². The van der Waals surface area contributed by atoms with E-state index in [1.807, 2.05) is 0 Å². The van der Waals surface area contributed by atoms with Gasteiger partial charge in [0.15, 0.2) is 0 Å². The topological polar surface area (TPSA) is 516 Å². The summed E-state index contributed by atoms with van der Waals surface area (Å²) >= 11 is 0. The number of hydrogen-bond acceptors (Lipinski definition) is 24. The van der Waals surface area contributed by atoms with E-state index in [9.17, 15) is 124 Å². The molecule has 8 rings (SSSR count). The smallest absolute Gasteiger partial charge is 0.490 e. The fourth-order valence-electron chi connectivity index (χ4n) is 13.6. The number of carbonyl (C=O) groups is 13. The van der Waals surface area contributed by atoms with Crippen LogP contribution in [-0.2, 0) is 43.2 Å². The number of carboxylic acid groups (broad SMARTS) is 6. The summed E-state index contributed by atoms with van der Waals surface area (Å²) < 4.78 is 100.0. The molecule has 9 amide bonds. The standard InChI is InChI=1S/C73H94F4N18O19.C2HF3O2/c74-72(75)37-49(39-78)94(47-72)61(97)41-84-67(107)53-11-15-80-57-7-5-51(35-55(53)57)113-33-3-1-13-82-70(111)92-28-24-89(46-66(105)106)23-27-91(60(96)10-9-59(69(109)110)90-25-21-87(44-64(101)102)19-17-86(43-63(99)100)18-20-88(22-26-90)45-65(103)104)29-30-93(32-31-92)71(112)83-14-2-4-34-114-52-6-8-58-56(36-52)54(12-16-81-58)68(108)85-42-62(98)95-48-73(76,77)38-50(95)40-79;3-2(4,5)1(6)7/h5-8,11-12,15-16,35-36,49-50,59H,1-4,9-10,13-14,17-34,37-38,41-48H2,(H,82,111)(H,83,112)(H,84,107)(H,85,108)(H,99,100)(H,101,102)(H,103,104)(H,105,106)(H,109,110);(H,6,7)/t49-,50-,59?;/m0./s1. The fourth-order valence-corrected chi connectivity index (χ4v) is 13.6. The lowest BCUT2D eigenvalue weighted by molar-refractivity contribution is -0.192. The number of aliphatic carboxylic acids is 6. The first kappa shape index (κ1) is 96.0. The molecule has 660 valence electrons. The maximum absolute atomic E-state index is 14.6. The second-order valence-corrected chi connectivity index (χ2v) is 28.7. The summed E-state index contributed by atoms with van der Waals surface area (Å²) in [4.78, 5) is 188. The molecule has 10 N–H and O–H groups in total. The van der Waals surface area contributed by atoms with E-state index in [1.165, 1.54) is 58.8 Å². The minimum atomic E-state index is -5.08. The first-order valence-electron chi connectivity index (χ1n) is 38.4. The van der Waals surface area contributed by atoms with Crippen LogP contribution in [0.5, 0.6) is 11.5 Å². The summed E-state index contributed by atoms with van der Waals surface area (Å²) in [6, 6.07) is 10.5. The molecule has 46 heteroatoms. The SMILES string of the molecule is N#C[C@@H]1CC(F)(F)CN1C(=O)CNC(=O)c1ccnc2ccc(OCCCCNC(=O)N3CCN(CC(=O)O)CCN(C(=O)CCC(C(=O)O)N4CCN(CC(=O)O)CCN(CC(=O)O)CCN(CC(=O)O)CC4)CCN(C(=O)NCCCCOc4ccc5nccc(C(=O)NCC(=O)N6CC(F)(F)C[C@H]6C#N)c5c4)CC3)cc12.O=C(O)C(F)(F)F. The molecule has 4 aliphatic rings. The number of hydrogen-bond donors (Lipinski definition) is 10. The van der Waals surface area contributed by atoms with Gasteiger partial charge in [0, 0.05) is 160 Å². The number of rotatable bonds is 31. The van der Waals surface area contributed by atoms with Crippen molar-refractivity contribution in [2.24, 2.45) is 0 Å². The van der Waals surface area contributed by atoms with Crippen LogP contribution in [0.25, 0.3) is 21.8 Å². The molecule has 4 saturated heterocycles. The van der Waals surface area contributed by atoms with E-state index >= 15 is 0 Å². The Morgan fingerprint density at radius 2 is 0.826 bits per heavy atom. The highest BCUT2D eigenvalue weighted by atomic mass is 19.4. The lowest BCUT2D eigenvalue weighted by Crippen LogP contribution is -2.53. The number of nitrogens with zero attached hydrogens (tertiary/aromatic N) is 14. The van der Waals surface area contributed by atoms with Gasteiger partial charge in [-0.25, -0.2) is 31.9 Å². The minimum absolute atomic E-state index is 0.0113.